The topological polar surface area (TPSA) is 111 Å². The van der Waals surface area contributed by atoms with Gasteiger partial charge in [0.05, 0.1) is 35.9 Å². The van der Waals surface area contributed by atoms with E-state index in [-0.39, 0.29) is 17.9 Å². The number of pyridine rings is 1. The number of hydrogen-bond donors (Lipinski definition) is 0. The van der Waals surface area contributed by atoms with E-state index in [0.717, 1.165) is 41.9 Å². The average molecular weight is 587 g/mol. The Morgan fingerprint density at radius 1 is 0.932 bits per heavy atom. The zero-order chi connectivity index (χ0) is 30.2. The number of aromatic nitrogens is 6. The van der Waals surface area contributed by atoms with E-state index < -0.39 is 0 Å². The summed E-state index contributed by atoms with van der Waals surface area (Å²) < 4.78 is 3.42. The second kappa shape index (κ2) is 11.5. The van der Waals surface area contributed by atoms with Gasteiger partial charge in [0.15, 0.2) is 0 Å². The fourth-order valence-electron chi connectivity index (χ4n) is 6.60. The van der Waals surface area contributed by atoms with E-state index >= 15 is 0 Å². The number of amides is 1. The summed E-state index contributed by atoms with van der Waals surface area (Å²) in [5, 5.41) is 18.4. The van der Waals surface area contributed by atoms with Crippen molar-refractivity contribution in [1.82, 2.24) is 39.2 Å². The largest absolute Gasteiger partial charge is 0.353 e. The van der Waals surface area contributed by atoms with Gasteiger partial charge in [-0.3, -0.25) is 9.48 Å². The summed E-state index contributed by atoms with van der Waals surface area (Å²) in [6, 6.07) is 16.7. The maximum absolute atomic E-state index is 14.0. The molecule has 2 atom stereocenters. The minimum atomic E-state index is -0.152. The number of fused-ring (bicyclic) bond motifs is 1. The third-order valence-electron chi connectivity index (χ3n) is 8.94. The molecule has 0 N–H and O–H groups in total. The maximum atomic E-state index is 14.0. The summed E-state index contributed by atoms with van der Waals surface area (Å²) >= 11 is 0. The molecule has 7 rings (SSSR count). The van der Waals surface area contributed by atoms with Gasteiger partial charge < -0.3 is 14.7 Å². The van der Waals surface area contributed by atoms with E-state index in [9.17, 15) is 10.1 Å². The van der Waals surface area contributed by atoms with E-state index in [1.54, 1.807) is 27.8 Å². The van der Waals surface area contributed by atoms with E-state index in [1.807, 2.05) is 54.7 Å². The van der Waals surface area contributed by atoms with E-state index in [2.05, 4.69) is 45.2 Å². The molecule has 2 saturated heterocycles. The normalized spacial score (nSPS) is 18.1. The van der Waals surface area contributed by atoms with Crippen LogP contribution < -0.4 is 4.90 Å². The van der Waals surface area contributed by atoms with Crippen LogP contribution in [-0.4, -0.2) is 90.9 Å². The zero-order valence-corrected chi connectivity index (χ0v) is 24.9. The Morgan fingerprint density at radius 2 is 1.75 bits per heavy atom. The number of carbonyl (C=O) groups is 1. The second-order valence-electron chi connectivity index (χ2n) is 11.6. The molecule has 2 aliphatic rings. The summed E-state index contributed by atoms with van der Waals surface area (Å²) in [7, 11) is 4.00. The van der Waals surface area contributed by atoms with Crippen LogP contribution in [0.25, 0.3) is 28.0 Å². The zero-order valence-electron chi connectivity index (χ0n) is 24.9. The van der Waals surface area contributed by atoms with Crippen molar-refractivity contribution in [3.63, 3.8) is 0 Å². The quantitative estimate of drug-likeness (QED) is 0.297. The van der Waals surface area contributed by atoms with Crippen molar-refractivity contribution in [1.29, 1.82) is 5.26 Å². The Morgan fingerprint density at radius 3 is 2.41 bits per heavy atom. The van der Waals surface area contributed by atoms with Gasteiger partial charge in [0.25, 0.3) is 0 Å². The molecular formula is C33H34N10O. The van der Waals surface area contributed by atoms with Crippen LogP contribution in [0.4, 0.5) is 5.82 Å². The number of likely N-dealkylation sites (N-methyl/N-ethyl adjacent to an activating group) is 1. The molecule has 1 aromatic carbocycles. The lowest BCUT2D eigenvalue weighted by Gasteiger charge is -2.39. The van der Waals surface area contributed by atoms with Crippen molar-refractivity contribution < 1.29 is 4.79 Å². The highest BCUT2D eigenvalue weighted by Gasteiger charge is 2.38. The van der Waals surface area contributed by atoms with Gasteiger partial charge >= 0.3 is 0 Å². The number of carbonyl (C=O) groups excluding carboxylic acids is 1. The van der Waals surface area contributed by atoms with Crippen LogP contribution in [0.15, 0.2) is 73.4 Å². The van der Waals surface area contributed by atoms with Crippen LogP contribution in [0.3, 0.4) is 0 Å². The maximum Gasteiger partial charge on any atom is 0.231 e. The molecule has 0 saturated carbocycles. The van der Waals surface area contributed by atoms with Crippen molar-refractivity contribution in [2.24, 2.45) is 7.05 Å². The molecular weight excluding hydrogens is 552 g/mol. The summed E-state index contributed by atoms with van der Waals surface area (Å²) in [5.74, 6) is 0.918. The molecule has 222 valence electrons. The lowest BCUT2D eigenvalue weighted by Crippen LogP contribution is -2.52. The minimum Gasteiger partial charge on any atom is -0.353 e. The number of nitrogens with zero attached hydrogens (tertiary/aromatic N) is 10. The second-order valence-corrected chi connectivity index (χ2v) is 11.6. The highest BCUT2D eigenvalue weighted by Crippen LogP contribution is 2.33. The van der Waals surface area contributed by atoms with Gasteiger partial charge in [-0.15, -0.1) is 0 Å². The number of hydrogen-bond acceptors (Lipinski definition) is 8. The van der Waals surface area contributed by atoms with Gasteiger partial charge in [0.1, 0.15) is 23.0 Å². The van der Waals surface area contributed by atoms with Gasteiger partial charge in [-0.2, -0.15) is 15.5 Å². The molecule has 2 aliphatic heterocycles. The molecule has 0 spiro atoms. The van der Waals surface area contributed by atoms with Crippen LogP contribution in [0.2, 0.25) is 0 Å². The number of aryl methyl sites for hydroxylation is 1. The fourth-order valence-corrected chi connectivity index (χ4v) is 6.60. The predicted molar refractivity (Wildman–Crippen MR) is 167 cm³/mol. The molecule has 44 heavy (non-hydrogen) atoms. The Hall–Kier alpha value is -5.08. The molecule has 5 aromatic rings. The number of anilines is 1. The molecule has 2 unspecified atom stereocenters. The first-order chi connectivity index (χ1) is 21.5. The highest BCUT2D eigenvalue weighted by atomic mass is 16.2. The van der Waals surface area contributed by atoms with Crippen LogP contribution in [-0.2, 0) is 11.8 Å². The molecule has 11 nitrogen and oxygen atoms in total. The first-order valence-electron chi connectivity index (χ1n) is 15.0. The summed E-state index contributed by atoms with van der Waals surface area (Å²) in [5.41, 5.74) is 5.19. The first-order valence-corrected chi connectivity index (χ1v) is 15.0. The Labute approximate surface area is 256 Å². The number of rotatable bonds is 6. The Balaban J connectivity index is 1.10. The third kappa shape index (κ3) is 5.07. The monoisotopic (exact) mass is 586 g/mol. The number of nitriles is 1. The predicted octanol–water partition coefficient (Wildman–Crippen LogP) is 3.59. The van der Waals surface area contributed by atoms with E-state index in [1.165, 1.54) is 0 Å². The Bertz CT molecular complexity index is 1830. The van der Waals surface area contributed by atoms with Crippen molar-refractivity contribution in [3.8, 4) is 28.6 Å². The standard InChI is InChI=1S/C33H34N10O/c1-39-12-6-9-28(39)30(23-7-4-3-5-8-23)33(44)42-15-13-41(14-16-42)29-11-10-24(18-35-29)31-32-25(17-34)19-37-43(32)22-27(38-31)26-20-36-40(2)21-26/h3-5,7-8,10-11,18-22,28,30H,6,9,12-16H2,1-2H3. The molecule has 0 bridgehead atoms. The minimum absolute atomic E-state index is 0.152. The molecule has 0 radical (unpaired) electrons. The van der Waals surface area contributed by atoms with Crippen LogP contribution in [0.1, 0.15) is 29.9 Å². The third-order valence-corrected chi connectivity index (χ3v) is 8.94. The average Bonchev–Trinajstić information content (AvgIpc) is 3.81. The lowest BCUT2D eigenvalue weighted by molar-refractivity contribution is -0.134. The molecule has 2 fully saturated rings. The number of benzene rings is 1. The van der Waals surface area contributed by atoms with Crippen molar-refractivity contribution in [2.45, 2.75) is 24.8 Å². The molecule has 6 heterocycles. The lowest BCUT2D eigenvalue weighted by atomic mass is 9.88. The fraction of sp³-hybridized carbons (Fsp3) is 0.333. The summed E-state index contributed by atoms with van der Waals surface area (Å²) in [6.45, 7) is 3.75. The van der Waals surface area contributed by atoms with Crippen LogP contribution in [0.5, 0.6) is 0 Å². The van der Waals surface area contributed by atoms with Gasteiger partial charge in [-0.25, -0.2) is 14.5 Å². The SMILES string of the molecule is CN1CCCC1C(C(=O)N1CCN(c2ccc(-c3nc(-c4cnn(C)c4)cn4ncc(C#N)c34)cn2)CC1)c1ccccc1. The summed E-state index contributed by atoms with van der Waals surface area (Å²) in [4.78, 5) is 30.3. The van der Waals surface area contributed by atoms with Gasteiger partial charge in [0, 0.05) is 62.8 Å². The van der Waals surface area contributed by atoms with Crippen LogP contribution in [0, 0.1) is 11.3 Å². The van der Waals surface area contributed by atoms with Gasteiger partial charge in [-0.05, 0) is 44.1 Å². The van der Waals surface area contributed by atoms with Gasteiger partial charge in [0.2, 0.25) is 5.91 Å². The highest BCUT2D eigenvalue weighted by molar-refractivity contribution is 5.85. The Kier molecular flexibility index (Phi) is 7.28. The van der Waals surface area contributed by atoms with Crippen molar-refractivity contribution in [3.05, 3.63) is 84.6 Å². The van der Waals surface area contributed by atoms with Crippen molar-refractivity contribution >= 4 is 17.2 Å². The van der Waals surface area contributed by atoms with Crippen molar-refractivity contribution in [2.75, 3.05) is 44.7 Å². The molecule has 11 heteroatoms. The number of likely N-dealkylation sites (tertiary alicyclic amines) is 1. The van der Waals surface area contributed by atoms with E-state index in [0.29, 0.717) is 48.6 Å². The molecule has 0 aliphatic carbocycles. The molecule has 1 amide bonds. The summed E-state index contributed by atoms with van der Waals surface area (Å²) in [6.07, 6.45) is 11.0. The van der Waals surface area contributed by atoms with Crippen LogP contribution >= 0.6 is 0 Å². The molecule has 4 aromatic heterocycles. The van der Waals surface area contributed by atoms with Gasteiger partial charge in [-0.1, -0.05) is 30.3 Å². The van der Waals surface area contributed by atoms with E-state index in [4.69, 9.17) is 9.97 Å². The number of piperazine rings is 1. The smallest absolute Gasteiger partial charge is 0.231 e. The first kappa shape index (κ1) is 27.7.